The first-order valence-electron chi connectivity index (χ1n) is 5.93. The second-order valence-corrected chi connectivity index (χ2v) is 5.76. The minimum Gasteiger partial charge on any atom is -0.478 e. The average molecular weight is 284 g/mol. The molecule has 0 aliphatic rings. The van der Waals surface area contributed by atoms with Crippen molar-refractivity contribution in [2.24, 2.45) is 0 Å². The van der Waals surface area contributed by atoms with E-state index in [1.54, 1.807) is 19.9 Å². The number of carboxylic acids is 1. The molecule has 1 unspecified atom stereocenters. The number of anilines is 1. The molecule has 0 saturated heterocycles. The molecular formula is C13H20N2O3S. The van der Waals surface area contributed by atoms with Crippen LogP contribution in [0.3, 0.4) is 0 Å². The molecule has 0 radical (unpaired) electrons. The van der Waals surface area contributed by atoms with Crippen LogP contribution in [0.5, 0.6) is 0 Å². The molecule has 6 heteroatoms. The number of hydrogen-bond acceptors (Lipinski definition) is 5. The lowest BCUT2D eigenvalue weighted by Gasteiger charge is -2.23. The van der Waals surface area contributed by atoms with Gasteiger partial charge in [0.1, 0.15) is 11.4 Å². The Kier molecular flexibility index (Phi) is 5.20. The molecule has 0 aliphatic heterocycles. The van der Waals surface area contributed by atoms with E-state index in [1.165, 1.54) is 11.8 Å². The molecule has 106 valence electrons. The Balaban J connectivity index is 2.97. The van der Waals surface area contributed by atoms with Gasteiger partial charge in [-0.1, -0.05) is 0 Å². The van der Waals surface area contributed by atoms with Gasteiger partial charge in [0.2, 0.25) is 0 Å². The summed E-state index contributed by atoms with van der Waals surface area (Å²) in [5, 5.41) is 22.3. The molecule has 0 bridgehead atoms. The van der Waals surface area contributed by atoms with Crippen molar-refractivity contribution >= 4 is 23.5 Å². The minimum absolute atomic E-state index is 0.158. The van der Waals surface area contributed by atoms with E-state index in [0.717, 1.165) is 5.69 Å². The summed E-state index contributed by atoms with van der Waals surface area (Å²) in [6.07, 6.45) is 1.91. The zero-order valence-corrected chi connectivity index (χ0v) is 12.5. The van der Waals surface area contributed by atoms with Gasteiger partial charge in [0.25, 0.3) is 0 Å². The number of carboxylic acid groups (broad SMARTS) is 1. The molecule has 19 heavy (non-hydrogen) atoms. The van der Waals surface area contributed by atoms with Gasteiger partial charge >= 0.3 is 5.97 Å². The van der Waals surface area contributed by atoms with E-state index in [-0.39, 0.29) is 12.1 Å². The van der Waals surface area contributed by atoms with Crippen molar-refractivity contribution in [3.05, 3.63) is 22.9 Å². The normalized spacial score (nSPS) is 13.9. The summed E-state index contributed by atoms with van der Waals surface area (Å²) >= 11 is 1.53. The van der Waals surface area contributed by atoms with Crippen LogP contribution in [-0.4, -0.2) is 45.3 Å². The van der Waals surface area contributed by atoms with Gasteiger partial charge in [-0.25, -0.2) is 9.78 Å². The van der Waals surface area contributed by atoms with E-state index in [0.29, 0.717) is 17.1 Å². The quantitative estimate of drug-likeness (QED) is 0.740. The topological polar surface area (TPSA) is 82.5 Å². The van der Waals surface area contributed by atoms with Gasteiger partial charge < -0.3 is 15.5 Å². The molecule has 1 aromatic rings. The fourth-order valence-electron chi connectivity index (χ4n) is 1.87. The van der Waals surface area contributed by atoms with Crippen LogP contribution in [0.15, 0.2) is 6.07 Å². The zero-order chi connectivity index (χ0) is 14.6. The molecule has 1 atom stereocenters. The van der Waals surface area contributed by atoms with Crippen molar-refractivity contribution < 1.29 is 15.0 Å². The number of aromatic nitrogens is 1. The molecule has 0 saturated carbocycles. The molecule has 1 aromatic heterocycles. The van der Waals surface area contributed by atoms with Crippen LogP contribution in [0.25, 0.3) is 0 Å². The number of nitrogens with zero attached hydrogens (tertiary/aromatic N) is 1. The summed E-state index contributed by atoms with van der Waals surface area (Å²) in [4.78, 5) is 15.5. The molecular weight excluding hydrogens is 264 g/mol. The number of rotatable bonds is 6. The molecule has 5 nitrogen and oxygen atoms in total. The second kappa shape index (κ2) is 6.25. The first-order valence-corrected chi connectivity index (χ1v) is 7.33. The van der Waals surface area contributed by atoms with Gasteiger partial charge in [-0.2, -0.15) is 11.8 Å². The molecule has 0 fully saturated rings. The van der Waals surface area contributed by atoms with Crippen LogP contribution in [0.4, 0.5) is 5.82 Å². The third-order valence-corrected chi connectivity index (χ3v) is 3.56. The zero-order valence-electron chi connectivity index (χ0n) is 11.6. The number of aryl methyl sites for hydroxylation is 2. The highest BCUT2D eigenvalue weighted by Crippen LogP contribution is 2.20. The van der Waals surface area contributed by atoms with Gasteiger partial charge in [-0.05, 0) is 38.7 Å². The van der Waals surface area contributed by atoms with Crippen LogP contribution in [0.2, 0.25) is 0 Å². The lowest BCUT2D eigenvalue weighted by molar-refractivity contribution is 0.0695. The van der Waals surface area contributed by atoms with Gasteiger partial charge in [-0.15, -0.1) is 0 Å². The summed E-state index contributed by atoms with van der Waals surface area (Å²) in [5.41, 5.74) is 0.654. The van der Waals surface area contributed by atoms with Crippen molar-refractivity contribution in [1.29, 1.82) is 0 Å². The van der Waals surface area contributed by atoms with Crippen LogP contribution >= 0.6 is 11.8 Å². The van der Waals surface area contributed by atoms with Crippen molar-refractivity contribution in [3.8, 4) is 0 Å². The fourth-order valence-corrected chi connectivity index (χ4v) is 2.59. The van der Waals surface area contributed by atoms with Crippen LogP contribution in [0, 0.1) is 13.8 Å². The fraction of sp³-hybridized carbons (Fsp3) is 0.538. The van der Waals surface area contributed by atoms with Gasteiger partial charge in [0.05, 0.1) is 5.60 Å². The summed E-state index contributed by atoms with van der Waals surface area (Å²) in [7, 11) is 0. The minimum atomic E-state index is -1.02. The van der Waals surface area contributed by atoms with E-state index in [1.807, 2.05) is 13.2 Å². The molecule has 0 spiro atoms. The highest BCUT2D eigenvalue weighted by atomic mass is 32.2. The molecule has 1 rings (SSSR count). The number of nitrogens with one attached hydrogen (secondary N) is 1. The Bertz CT molecular complexity index is 475. The Morgan fingerprint density at radius 1 is 1.53 bits per heavy atom. The van der Waals surface area contributed by atoms with Crippen molar-refractivity contribution in [2.75, 3.05) is 23.9 Å². The lowest BCUT2D eigenvalue weighted by atomic mass is 10.1. The van der Waals surface area contributed by atoms with Gasteiger partial charge in [-0.3, -0.25) is 0 Å². The summed E-state index contributed by atoms with van der Waals surface area (Å²) in [5.74, 6) is -0.142. The predicted octanol–water partition coefficient (Wildman–Crippen LogP) is 1.92. The lowest BCUT2D eigenvalue weighted by Crippen LogP contribution is -2.36. The highest BCUT2D eigenvalue weighted by molar-refractivity contribution is 7.98. The predicted molar refractivity (Wildman–Crippen MR) is 78.2 cm³/mol. The molecule has 3 N–H and O–H groups in total. The maximum absolute atomic E-state index is 11.3. The third-order valence-electron chi connectivity index (χ3n) is 2.65. The monoisotopic (exact) mass is 284 g/mol. The van der Waals surface area contributed by atoms with E-state index in [9.17, 15) is 15.0 Å². The average Bonchev–Trinajstić information content (AvgIpc) is 2.24. The second-order valence-electron chi connectivity index (χ2n) is 4.89. The van der Waals surface area contributed by atoms with Crippen molar-refractivity contribution in [1.82, 2.24) is 4.98 Å². The smallest absolute Gasteiger partial charge is 0.339 e. The number of carbonyl (C=O) groups is 1. The largest absolute Gasteiger partial charge is 0.478 e. The summed E-state index contributed by atoms with van der Waals surface area (Å²) < 4.78 is 0. The third kappa shape index (κ3) is 4.40. The Hall–Kier alpha value is -1.27. The maximum Gasteiger partial charge on any atom is 0.339 e. The number of pyridine rings is 1. The van der Waals surface area contributed by atoms with E-state index >= 15 is 0 Å². The number of aromatic carboxylic acids is 1. The number of aliphatic hydroxyl groups is 1. The van der Waals surface area contributed by atoms with Crippen LogP contribution in [-0.2, 0) is 0 Å². The molecule has 0 amide bonds. The first kappa shape index (κ1) is 15.8. The molecule has 0 aromatic carbocycles. The van der Waals surface area contributed by atoms with Crippen LogP contribution < -0.4 is 5.32 Å². The molecule has 0 aliphatic carbocycles. The maximum atomic E-state index is 11.3. The van der Waals surface area contributed by atoms with E-state index < -0.39 is 11.6 Å². The van der Waals surface area contributed by atoms with Gasteiger partial charge in [0.15, 0.2) is 0 Å². The Morgan fingerprint density at radius 3 is 2.68 bits per heavy atom. The van der Waals surface area contributed by atoms with E-state index in [4.69, 9.17) is 0 Å². The SMILES string of the molecule is CSCC(C)(O)CNc1nc(C)cc(C)c1C(=O)O. The standard InChI is InChI=1S/C13H20N2O3S/c1-8-5-9(2)15-11(10(8)12(16)17)14-6-13(3,18)7-19-4/h5,18H,6-7H2,1-4H3,(H,14,15)(H,16,17). The van der Waals surface area contributed by atoms with Gasteiger partial charge in [0, 0.05) is 18.0 Å². The Labute approximate surface area is 117 Å². The number of hydrogen-bond donors (Lipinski definition) is 3. The summed E-state index contributed by atoms with van der Waals surface area (Å²) in [6, 6.07) is 1.73. The highest BCUT2D eigenvalue weighted by Gasteiger charge is 2.22. The van der Waals surface area contributed by atoms with Crippen LogP contribution in [0.1, 0.15) is 28.5 Å². The van der Waals surface area contributed by atoms with E-state index in [2.05, 4.69) is 10.3 Å². The van der Waals surface area contributed by atoms with Crippen molar-refractivity contribution in [3.63, 3.8) is 0 Å². The first-order chi connectivity index (χ1) is 8.76. The van der Waals surface area contributed by atoms with Crippen molar-refractivity contribution in [2.45, 2.75) is 26.4 Å². The Morgan fingerprint density at radius 2 is 2.16 bits per heavy atom. The number of thioether (sulfide) groups is 1. The molecule has 1 heterocycles. The summed E-state index contributed by atoms with van der Waals surface area (Å²) in [6.45, 7) is 5.51.